The minimum atomic E-state index is -0.746. The highest BCUT2D eigenvalue weighted by Crippen LogP contribution is 2.30. The van der Waals surface area contributed by atoms with Gasteiger partial charge in [0, 0.05) is 45.4 Å². The lowest BCUT2D eigenvalue weighted by Gasteiger charge is -2.34. The number of nitrogens with zero attached hydrogens (tertiary/aromatic N) is 2. The molecule has 3 amide bonds. The Balaban J connectivity index is 1.61. The molecule has 8 heteroatoms. The summed E-state index contributed by atoms with van der Waals surface area (Å²) in [5, 5.41) is 5.51. The quantitative estimate of drug-likeness (QED) is 0.606. The summed E-state index contributed by atoms with van der Waals surface area (Å²) in [4.78, 5) is 41.5. The molecule has 1 aliphatic carbocycles. The molecular weight excluding hydrogens is 435 g/mol. The summed E-state index contributed by atoms with van der Waals surface area (Å²) in [6, 6.07) is 3.86. The number of halogens is 1. The van der Waals surface area contributed by atoms with Crippen LogP contribution in [0.15, 0.2) is 18.2 Å². The molecule has 1 aromatic carbocycles. The first-order valence-corrected chi connectivity index (χ1v) is 12.6. The van der Waals surface area contributed by atoms with Gasteiger partial charge in [-0.3, -0.25) is 14.4 Å². The number of amides is 3. The lowest BCUT2D eigenvalue weighted by molar-refractivity contribution is -0.137. The van der Waals surface area contributed by atoms with Crippen molar-refractivity contribution in [1.82, 2.24) is 15.1 Å². The van der Waals surface area contributed by atoms with Gasteiger partial charge < -0.3 is 20.4 Å². The summed E-state index contributed by atoms with van der Waals surface area (Å²) in [7, 11) is 2.01. The largest absolute Gasteiger partial charge is 0.344 e. The van der Waals surface area contributed by atoms with Gasteiger partial charge in [-0.15, -0.1) is 0 Å². The first-order chi connectivity index (χ1) is 16.2. The van der Waals surface area contributed by atoms with Crippen LogP contribution in [0.5, 0.6) is 0 Å². The molecule has 1 heterocycles. The highest BCUT2D eigenvalue weighted by Gasteiger charge is 2.28. The van der Waals surface area contributed by atoms with Crippen molar-refractivity contribution >= 4 is 23.4 Å². The van der Waals surface area contributed by atoms with Gasteiger partial charge in [-0.05, 0) is 49.4 Å². The van der Waals surface area contributed by atoms with E-state index in [0.717, 1.165) is 44.7 Å². The number of likely N-dealkylation sites (N-methyl/N-ethyl adjacent to an activating group) is 1. The lowest BCUT2D eigenvalue weighted by atomic mass is 9.81. The van der Waals surface area contributed by atoms with E-state index in [2.05, 4.69) is 22.5 Å². The summed E-state index contributed by atoms with van der Waals surface area (Å²) < 4.78 is 14.8. The average Bonchev–Trinajstić information content (AvgIpc) is 2.82. The number of anilines is 1. The molecule has 2 N–H and O–H groups in total. The Kier molecular flexibility index (Phi) is 9.45. The van der Waals surface area contributed by atoms with Crippen molar-refractivity contribution in [3.05, 3.63) is 29.6 Å². The van der Waals surface area contributed by atoms with E-state index >= 15 is 0 Å². The van der Waals surface area contributed by atoms with Crippen LogP contribution in [0, 0.1) is 17.7 Å². The average molecular weight is 475 g/mol. The van der Waals surface area contributed by atoms with Gasteiger partial charge in [0.15, 0.2) is 0 Å². The smallest absolute Gasteiger partial charge is 0.245 e. The Bertz CT molecular complexity index is 862. The Morgan fingerprint density at radius 3 is 2.35 bits per heavy atom. The molecule has 0 unspecified atom stereocenters. The minimum Gasteiger partial charge on any atom is -0.344 e. The van der Waals surface area contributed by atoms with E-state index < -0.39 is 11.9 Å². The van der Waals surface area contributed by atoms with Gasteiger partial charge in [-0.2, -0.15) is 0 Å². The molecule has 1 saturated carbocycles. The highest BCUT2D eigenvalue weighted by atomic mass is 19.1. The number of nitrogens with one attached hydrogen (secondary N) is 2. The maximum Gasteiger partial charge on any atom is 0.245 e. The van der Waals surface area contributed by atoms with Crippen LogP contribution in [-0.2, 0) is 20.8 Å². The van der Waals surface area contributed by atoms with Gasteiger partial charge in [-0.25, -0.2) is 4.39 Å². The number of rotatable bonds is 8. The molecule has 1 atom stereocenters. The van der Waals surface area contributed by atoms with Crippen LogP contribution in [-0.4, -0.2) is 66.8 Å². The summed E-state index contributed by atoms with van der Waals surface area (Å²) in [5.41, 5.74) is 0.748. The van der Waals surface area contributed by atoms with E-state index in [1.165, 1.54) is 6.07 Å². The van der Waals surface area contributed by atoms with Crippen LogP contribution in [0.2, 0.25) is 0 Å². The maximum atomic E-state index is 14.8. The molecule has 0 aromatic heterocycles. The molecule has 1 saturated heterocycles. The van der Waals surface area contributed by atoms with E-state index in [0.29, 0.717) is 31.0 Å². The van der Waals surface area contributed by atoms with Crippen molar-refractivity contribution in [3.63, 3.8) is 0 Å². The van der Waals surface area contributed by atoms with E-state index in [1.54, 1.807) is 24.0 Å². The van der Waals surface area contributed by atoms with Gasteiger partial charge in [0.2, 0.25) is 17.7 Å². The van der Waals surface area contributed by atoms with Crippen LogP contribution < -0.4 is 10.6 Å². The SMILES string of the molecule is CCC(=O)N[C@H](Cc1ccc(NC(=O)C[C@H]2CC[C@H](C)CC2)c(F)c1)C(=O)N1CCN(C)CC1. The van der Waals surface area contributed by atoms with Crippen molar-refractivity contribution in [3.8, 4) is 0 Å². The normalized spacial score (nSPS) is 22.2. The molecule has 0 radical (unpaired) electrons. The summed E-state index contributed by atoms with van der Waals surface area (Å²) >= 11 is 0. The molecule has 0 spiro atoms. The predicted octanol–water partition coefficient (Wildman–Crippen LogP) is 3.19. The monoisotopic (exact) mass is 474 g/mol. The van der Waals surface area contributed by atoms with E-state index in [-0.39, 0.29) is 36.3 Å². The van der Waals surface area contributed by atoms with Crippen molar-refractivity contribution in [2.45, 2.75) is 64.8 Å². The Hall–Kier alpha value is -2.48. The second kappa shape index (κ2) is 12.3. The zero-order valence-electron chi connectivity index (χ0n) is 20.7. The van der Waals surface area contributed by atoms with Crippen LogP contribution >= 0.6 is 0 Å². The minimum absolute atomic E-state index is 0.144. The van der Waals surface area contributed by atoms with E-state index in [4.69, 9.17) is 0 Å². The second-order valence-corrected chi connectivity index (χ2v) is 10.00. The fourth-order valence-corrected chi connectivity index (χ4v) is 4.76. The highest BCUT2D eigenvalue weighted by molar-refractivity contribution is 5.91. The molecule has 34 heavy (non-hydrogen) atoms. The molecule has 2 aliphatic rings. The first kappa shape index (κ1) is 26.1. The third kappa shape index (κ3) is 7.52. The van der Waals surface area contributed by atoms with Crippen molar-refractivity contribution in [2.75, 3.05) is 38.5 Å². The number of carbonyl (C=O) groups is 3. The topological polar surface area (TPSA) is 81.8 Å². The third-order valence-corrected chi connectivity index (χ3v) is 7.13. The number of piperazine rings is 1. The number of carbonyl (C=O) groups excluding carboxylic acids is 3. The van der Waals surface area contributed by atoms with Gasteiger partial charge in [0.1, 0.15) is 11.9 Å². The van der Waals surface area contributed by atoms with E-state index in [9.17, 15) is 18.8 Å². The number of hydrogen-bond donors (Lipinski definition) is 2. The molecule has 0 bridgehead atoms. The van der Waals surface area contributed by atoms with Gasteiger partial charge in [0.25, 0.3) is 0 Å². The van der Waals surface area contributed by atoms with Gasteiger partial charge in [-0.1, -0.05) is 32.8 Å². The van der Waals surface area contributed by atoms with E-state index in [1.807, 2.05) is 7.05 Å². The Labute approximate surface area is 202 Å². The van der Waals surface area contributed by atoms with Crippen LogP contribution in [0.25, 0.3) is 0 Å². The molecule has 188 valence electrons. The zero-order valence-corrected chi connectivity index (χ0v) is 20.7. The Morgan fingerprint density at radius 1 is 1.06 bits per heavy atom. The molecule has 1 aromatic rings. The summed E-state index contributed by atoms with van der Waals surface area (Å²) in [5.74, 6) is 0.0316. The molecule has 1 aliphatic heterocycles. The van der Waals surface area contributed by atoms with Crippen molar-refractivity contribution < 1.29 is 18.8 Å². The van der Waals surface area contributed by atoms with Gasteiger partial charge in [0.05, 0.1) is 5.69 Å². The summed E-state index contributed by atoms with van der Waals surface area (Å²) in [6.45, 7) is 6.74. The zero-order chi connectivity index (χ0) is 24.7. The van der Waals surface area contributed by atoms with Crippen LogP contribution in [0.4, 0.5) is 10.1 Å². The standard InChI is InChI=1S/C26H39FN4O3/c1-4-24(32)29-23(26(34)31-13-11-30(3)12-14-31)16-20-9-10-22(21(27)15-20)28-25(33)17-19-7-5-18(2)6-8-19/h9-10,15,18-19,23H,4-8,11-14,16-17H2,1-3H3,(H,28,33)(H,29,32)/t18-,19-,23-/m1/s1. The number of hydrogen-bond acceptors (Lipinski definition) is 4. The fraction of sp³-hybridized carbons (Fsp3) is 0.654. The summed E-state index contributed by atoms with van der Waals surface area (Å²) in [6.07, 6.45) is 5.25. The predicted molar refractivity (Wildman–Crippen MR) is 131 cm³/mol. The molecule has 3 rings (SSSR count). The molecule has 7 nitrogen and oxygen atoms in total. The molecular formula is C26H39FN4O3. The third-order valence-electron chi connectivity index (χ3n) is 7.13. The van der Waals surface area contributed by atoms with Crippen LogP contribution in [0.1, 0.15) is 57.9 Å². The number of benzene rings is 1. The Morgan fingerprint density at radius 2 is 1.74 bits per heavy atom. The van der Waals surface area contributed by atoms with Crippen LogP contribution in [0.3, 0.4) is 0 Å². The maximum absolute atomic E-state index is 14.8. The van der Waals surface area contributed by atoms with Crippen molar-refractivity contribution in [1.29, 1.82) is 0 Å². The van der Waals surface area contributed by atoms with Crippen molar-refractivity contribution in [2.24, 2.45) is 11.8 Å². The lowest BCUT2D eigenvalue weighted by Crippen LogP contribution is -2.54. The van der Waals surface area contributed by atoms with Gasteiger partial charge >= 0.3 is 0 Å². The fourth-order valence-electron chi connectivity index (χ4n) is 4.76. The first-order valence-electron chi connectivity index (χ1n) is 12.6. The second-order valence-electron chi connectivity index (χ2n) is 10.00. The molecule has 2 fully saturated rings.